The van der Waals surface area contributed by atoms with Gasteiger partial charge in [0, 0.05) is 31.3 Å². The number of amides is 4. The second kappa shape index (κ2) is 9.62. The number of ether oxygens (including phenoxy) is 2. The lowest BCUT2D eigenvalue weighted by Gasteiger charge is -2.29. The average molecular weight is 405 g/mol. The van der Waals surface area contributed by atoms with Crippen molar-refractivity contribution in [3.05, 3.63) is 34.9 Å². The van der Waals surface area contributed by atoms with Crippen molar-refractivity contribution in [1.29, 1.82) is 0 Å². The molecule has 0 aromatic heterocycles. The van der Waals surface area contributed by atoms with Crippen LogP contribution in [-0.4, -0.2) is 74.1 Å². The van der Waals surface area contributed by atoms with Gasteiger partial charge in [-0.05, 0) is 39.0 Å². The van der Waals surface area contributed by atoms with E-state index in [1.54, 1.807) is 27.9 Å². The number of rotatable bonds is 9. The molecule has 9 heteroatoms. The van der Waals surface area contributed by atoms with E-state index in [2.05, 4.69) is 10.6 Å². The Kier molecular flexibility index (Phi) is 7.46. The minimum atomic E-state index is -0.652. The van der Waals surface area contributed by atoms with Crippen LogP contribution < -0.4 is 10.6 Å². The number of hydrogen-bond acceptors (Lipinski definition) is 6. The van der Waals surface area contributed by atoms with Gasteiger partial charge in [0.1, 0.15) is 6.61 Å². The molecule has 1 aliphatic rings. The van der Waals surface area contributed by atoms with Crippen molar-refractivity contribution in [1.82, 2.24) is 15.5 Å². The highest BCUT2D eigenvalue weighted by atomic mass is 16.5. The predicted octanol–water partition coefficient (Wildman–Crippen LogP) is 0.590. The molecule has 9 nitrogen and oxygen atoms in total. The summed E-state index contributed by atoms with van der Waals surface area (Å²) in [5.74, 6) is -1.46. The van der Waals surface area contributed by atoms with E-state index >= 15 is 0 Å². The zero-order valence-corrected chi connectivity index (χ0v) is 17.2. The third kappa shape index (κ3) is 5.61. The van der Waals surface area contributed by atoms with E-state index in [9.17, 15) is 19.2 Å². The number of carbonyl (C=O) groups is 4. The highest BCUT2D eigenvalue weighted by molar-refractivity contribution is 6.22. The van der Waals surface area contributed by atoms with Gasteiger partial charge in [-0.2, -0.15) is 0 Å². The maximum atomic E-state index is 12.6. The summed E-state index contributed by atoms with van der Waals surface area (Å²) in [5, 5.41) is 5.28. The Morgan fingerprint density at radius 3 is 2.31 bits per heavy atom. The molecule has 0 unspecified atom stereocenters. The molecule has 0 saturated heterocycles. The zero-order chi connectivity index (χ0) is 21.6. The molecule has 0 radical (unpaired) electrons. The van der Waals surface area contributed by atoms with E-state index in [4.69, 9.17) is 9.47 Å². The molecule has 29 heavy (non-hydrogen) atoms. The predicted molar refractivity (Wildman–Crippen MR) is 105 cm³/mol. The number of nitrogens with one attached hydrogen (secondary N) is 2. The number of benzene rings is 1. The van der Waals surface area contributed by atoms with Crippen LogP contribution in [0.2, 0.25) is 0 Å². The summed E-state index contributed by atoms with van der Waals surface area (Å²) < 4.78 is 9.90. The van der Waals surface area contributed by atoms with Gasteiger partial charge < -0.3 is 20.1 Å². The molecule has 0 aliphatic carbocycles. The van der Waals surface area contributed by atoms with Crippen LogP contribution in [-0.2, 0) is 14.3 Å². The van der Waals surface area contributed by atoms with Gasteiger partial charge in [-0.1, -0.05) is 0 Å². The van der Waals surface area contributed by atoms with Gasteiger partial charge in [0.15, 0.2) is 0 Å². The summed E-state index contributed by atoms with van der Waals surface area (Å²) >= 11 is 0. The smallest absolute Gasteiger partial charge is 0.262 e. The standard InChI is InChI=1S/C20H27N3O6/c1-20(2,3)23-18(26)14-6-5-13(11-15(14)19(23)27)17(25)22-8-7-21-16(24)12-29-10-9-28-4/h5-6,11H,7-10,12H2,1-4H3,(H,21,24)(H,22,25). The first-order valence-electron chi connectivity index (χ1n) is 9.31. The van der Waals surface area contributed by atoms with Crippen molar-refractivity contribution < 1.29 is 28.7 Å². The van der Waals surface area contributed by atoms with Crippen LogP contribution in [0.15, 0.2) is 18.2 Å². The first-order chi connectivity index (χ1) is 13.7. The Labute approximate surface area is 169 Å². The molecule has 0 bridgehead atoms. The normalized spacial score (nSPS) is 13.4. The van der Waals surface area contributed by atoms with Crippen LogP contribution in [0.4, 0.5) is 0 Å². The van der Waals surface area contributed by atoms with Gasteiger partial charge >= 0.3 is 0 Å². The van der Waals surface area contributed by atoms with Crippen molar-refractivity contribution in [3.63, 3.8) is 0 Å². The Bertz CT molecular complexity index is 800. The third-order valence-electron chi connectivity index (χ3n) is 4.22. The van der Waals surface area contributed by atoms with Gasteiger partial charge in [0.05, 0.1) is 24.3 Å². The van der Waals surface area contributed by atoms with Crippen molar-refractivity contribution in [3.8, 4) is 0 Å². The summed E-state index contributed by atoms with van der Waals surface area (Å²) in [7, 11) is 1.54. The molecular formula is C20H27N3O6. The molecule has 0 atom stereocenters. The second-order valence-electron chi connectivity index (χ2n) is 7.53. The third-order valence-corrected chi connectivity index (χ3v) is 4.22. The molecule has 158 valence electrons. The van der Waals surface area contributed by atoms with Crippen LogP contribution >= 0.6 is 0 Å². The Morgan fingerprint density at radius 1 is 1.00 bits per heavy atom. The molecule has 0 saturated carbocycles. The number of methoxy groups -OCH3 is 1. The van der Waals surface area contributed by atoms with E-state index in [0.717, 1.165) is 0 Å². The van der Waals surface area contributed by atoms with Crippen LogP contribution in [0.5, 0.6) is 0 Å². The van der Waals surface area contributed by atoms with Gasteiger partial charge in [-0.15, -0.1) is 0 Å². The molecule has 0 fully saturated rings. The zero-order valence-electron chi connectivity index (χ0n) is 17.2. The maximum absolute atomic E-state index is 12.6. The minimum absolute atomic E-state index is 0.0808. The molecule has 2 rings (SSSR count). The molecule has 2 N–H and O–H groups in total. The lowest BCUT2D eigenvalue weighted by atomic mass is 10.1. The van der Waals surface area contributed by atoms with E-state index in [-0.39, 0.29) is 42.6 Å². The molecule has 1 aliphatic heterocycles. The SMILES string of the molecule is COCCOCC(=O)NCCNC(=O)c1ccc2c(c1)C(=O)N(C(C)(C)C)C2=O. The van der Waals surface area contributed by atoms with E-state index in [0.29, 0.717) is 18.8 Å². The van der Waals surface area contributed by atoms with Crippen LogP contribution in [0.25, 0.3) is 0 Å². The molecule has 1 heterocycles. The molecule has 1 aromatic rings. The summed E-state index contributed by atoms with van der Waals surface area (Å²) in [6.45, 7) is 6.43. The fourth-order valence-electron chi connectivity index (χ4n) is 2.83. The first kappa shape index (κ1) is 22.5. The number of nitrogens with zero attached hydrogens (tertiary/aromatic N) is 1. The van der Waals surface area contributed by atoms with E-state index in [1.165, 1.54) is 23.1 Å². The van der Waals surface area contributed by atoms with Gasteiger partial charge in [-0.25, -0.2) is 0 Å². The lowest BCUT2D eigenvalue weighted by Crippen LogP contribution is -2.45. The lowest BCUT2D eigenvalue weighted by molar-refractivity contribution is -0.126. The quantitative estimate of drug-likeness (QED) is 0.459. The number of hydrogen-bond donors (Lipinski definition) is 2. The van der Waals surface area contributed by atoms with Gasteiger partial charge in [0.2, 0.25) is 5.91 Å². The molecule has 0 spiro atoms. The monoisotopic (exact) mass is 405 g/mol. The highest BCUT2D eigenvalue weighted by Crippen LogP contribution is 2.29. The fraction of sp³-hybridized carbons (Fsp3) is 0.500. The highest BCUT2D eigenvalue weighted by Gasteiger charge is 2.42. The average Bonchev–Trinajstić information content (AvgIpc) is 2.92. The van der Waals surface area contributed by atoms with Crippen LogP contribution in [0, 0.1) is 0 Å². The van der Waals surface area contributed by atoms with Gasteiger partial charge in [0.25, 0.3) is 17.7 Å². The maximum Gasteiger partial charge on any atom is 0.262 e. The largest absolute Gasteiger partial charge is 0.382 e. The van der Waals surface area contributed by atoms with E-state index in [1.807, 2.05) is 0 Å². The number of imide groups is 1. The summed E-state index contributed by atoms with van der Waals surface area (Å²) in [4.78, 5) is 50.2. The first-order valence-corrected chi connectivity index (χ1v) is 9.31. The van der Waals surface area contributed by atoms with E-state index < -0.39 is 17.4 Å². The Balaban J connectivity index is 1.86. The van der Waals surface area contributed by atoms with Crippen LogP contribution in [0.3, 0.4) is 0 Å². The summed E-state index contributed by atoms with van der Waals surface area (Å²) in [6.07, 6.45) is 0. The Morgan fingerprint density at radius 2 is 1.66 bits per heavy atom. The minimum Gasteiger partial charge on any atom is -0.382 e. The molecular weight excluding hydrogens is 378 g/mol. The van der Waals surface area contributed by atoms with Crippen LogP contribution in [0.1, 0.15) is 51.8 Å². The van der Waals surface area contributed by atoms with Crippen molar-refractivity contribution in [2.45, 2.75) is 26.3 Å². The summed E-state index contributed by atoms with van der Waals surface area (Å²) in [6, 6.07) is 4.43. The van der Waals surface area contributed by atoms with Crippen molar-refractivity contribution >= 4 is 23.6 Å². The molecule has 4 amide bonds. The van der Waals surface area contributed by atoms with Crippen molar-refractivity contribution in [2.24, 2.45) is 0 Å². The van der Waals surface area contributed by atoms with Crippen molar-refractivity contribution in [2.75, 3.05) is 40.0 Å². The topological polar surface area (TPSA) is 114 Å². The molecule has 1 aromatic carbocycles. The number of fused-ring (bicyclic) bond motifs is 1. The van der Waals surface area contributed by atoms with Gasteiger partial charge in [-0.3, -0.25) is 24.1 Å². The summed E-state index contributed by atoms with van der Waals surface area (Å²) in [5.41, 5.74) is 0.136. The fourth-order valence-corrected chi connectivity index (χ4v) is 2.83. The Hall–Kier alpha value is -2.78. The second-order valence-corrected chi connectivity index (χ2v) is 7.53. The number of carbonyl (C=O) groups excluding carboxylic acids is 4.